The summed E-state index contributed by atoms with van der Waals surface area (Å²) in [7, 11) is 0. The first-order valence-electron chi connectivity index (χ1n) is 8.01. The number of rotatable bonds is 5. The predicted octanol–water partition coefficient (Wildman–Crippen LogP) is 5.19. The van der Waals surface area contributed by atoms with Gasteiger partial charge in [0.15, 0.2) is 0 Å². The number of hydrogen-bond acceptors (Lipinski definition) is 1. The molecule has 1 N–H and O–H groups in total. The summed E-state index contributed by atoms with van der Waals surface area (Å²) in [5.74, 6) is 0.792. The van der Waals surface area contributed by atoms with E-state index in [-0.39, 0.29) is 0 Å². The fourth-order valence-corrected chi connectivity index (χ4v) is 4.02. The van der Waals surface area contributed by atoms with Gasteiger partial charge < -0.3 is 5.32 Å². The number of nitrogens with one attached hydrogen (secondary N) is 1. The maximum absolute atomic E-state index is 3.76. The number of halogens is 1. The molecule has 2 heteroatoms. The molecular weight excluding hydrogens is 310 g/mol. The molecule has 0 saturated heterocycles. The first kappa shape index (κ1) is 16.0. The van der Waals surface area contributed by atoms with Gasteiger partial charge in [0.1, 0.15) is 0 Å². The molecule has 1 fully saturated rings. The second-order valence-corrected chi connectivity index (χ2v) is 7.75. The summed E-state index contributed by atoms with van der Waals surface area (Å²) in [6.45, 7) is 8.21. The third-order valence-corrected chi connectivity index (χ3v) is 5.44. The summed E-state index contributed by atoms with van der Waals surface area (Å²) in [6.07, 6.45) is 6.70. The first-order chi connectivity index (χ1) is 9.53. The Hall–Kier alpha value is -0.340. The second-order valence-electron chi connectivity index (χ2n) is 6.84. The molecule has 0 spiro atoms. The minimum Gasteiger partial charge on any atom is -0.314 e. The van der Waals surface area contributed by atoms with Gasteiger partial charge in [-0.05, 0) is 54.8 Å². The van der Waals surface area contributed by atoms with Crippen molar-refractivity contribution in [3.63, 3.8) is 0 Å². The Kier molecular flexibility index (Phi) is 5.68. The molecule has 2 rings (SSSR count). The molecule has 1 aliphatic rings. The van der Waals surface area contributed by atoms with Crippen molar-refractivity contribution in [2.24, 2.45) is 11.3 Å². The minimum atomic E-state index is 0.473. The van der Waals surface area contributed by atoms with Crippen molar-refractivity contribution in [1.29, 1.82) is 0 Å². The fourth-order valence-electron chi connectivity index (χ4n) is 3.76. The highest BCUT2D eigenvalue weighted by Gasteiger charge is 2.37. The van der Waals surface area contributed by atoms with Crippen LogP contribution in [0.3, 0.4) is 0 Å². The normalized spacial score (nSPS) is 23.5. The van der Waals surface area contributed by atoms with Gasteiger partial charge in [0.25, 0.3) is 0 Å². The average molecular weight is 338 g/mol. The molecule has 0 aromatic heterocycles. The van der Waals surface area contributed by atoms with Crippen LogP contribution in [0.1, 0.15) is 52.0 Å². The molecule has 2 atom stereocenters. The van der Waals surface area contributed by atoms with Crippen molar-refractivity contribution in [1.82, 2.24) is 5.32 Å². The molecular formula is C18H28BrN. The largest absolute Gasteiger partial charge is 0.314 e. The highest BCUT2D eigenvalue weighted by Crippen LogP contribution is 2.43. The smallest absolute Gasteiger partial charge is 0.0175 e. The number of benzene rings is 1. The van der Waals surface area contributed by atoms with Gasteiger partial charge in [-0.2, -0.15) is 0 Å². The zero-order chi connectivity index (χ0) is 14.6. The quantitative estimate of drug-likeness (QED) is 0.779. The molecule has 0 bridgehead atoms. The second kappa shape index (κ2) is 7.09. The fraction of sp³-hybridized carbons (Fsp3) is 0.667. The molecule has 0 aliphatic heterocycles. The van der Waals surface area contributed by atoms with Gasteiger partial charge in [-0.15, -0.1) is 0 Å². The number of hydrogen-bond donors (Lipinski definition) is 1. The van der Waals surface area contributed by atoms with Crippen LogP contribution in [0.4, 0.5) is 0 Å². The summed E-state index contributed by atoms with van der Waals surface area (Å²) in [6, 6.07) is 9.43. The van der Waals surface area contributed by atoms with Crippen LogP contribution in [0.5, 0.6) is 0 Å². The van der Waals surface area contributed by atoms with E-state index in [9.17, 15) is 0 Å². The van der Waals surface area contributed by atoms with E-state index < -0.39 is 0 Å². The van der Waals surface area contributed by atoms with Gasteiger partial charge in [-0.3, -0.25) is 0 Å². The van der Waals surface area contributed by atoms with Gasteiger partial charge in [0.05, 0.1) is 0 Å². The lowest BCUT2D eigenvalue weighted by Gasteiger charge is -2.43. The lowest BCUT2D eigenvalue weighted by atomic mass is 9.65. The van der Waals surface area contributed by atoms with Crippen LogP contribution in [-0.4, -0.2) is 12.6 Å². The Morgan fingerprint density at radius 2 is 1.95 bits per heavy atom. The lowest BCUT2D eigenvalue weighted by molar-refractivity contribution is 0.0988. The molecule has 0 heterocycles. The zero-order valence-corrected chi connectivity index (χ0v) is 14.7. The molecule has 112 valence electrons. The van der Waals surface area contributed by atoms with Gasteiger partial charge in [0.2, 0.25) is 0 Å². The third kappa shape index (κ3) is 4.08. The van der Waals surface area contributed by atoms with E-state index in [2.05, 4.69) is 66.3 Å². The van der Waals surface area contributed by atoms with Crippen LogP contribution in [0, 0.1) is 11.3 Å². The van der Waals surface area contributed by atoms with E-state index in [1.165, 1.54) is 35.7 Å². The van der Waals surface area contributed by atoms with Gasteiger partial charge in [0, 0.05) is 10.5 Å². The maximum atomic E-state index is 3.76. The van der Waals surface area contributed by atoms with Gasteiger partial charge in [-0.25, -0.2) is 0 Å². The van der Waals surface area contributed by atoms with E-state index in [0.717, 1.165) is 18.9 Å². The molecule has 1 aromatic rings. The molecule has 2 unspecified atom stereocenters. The van der Waals surface area contributed by atoms with E-state index in [1.54, 1.807) is 0 Å². The topological polar surface area (TPSA) is 12.0 Å². The van der Waals surface area contributed by atoms with Crippen molar-refractivity contribution in [3.05, 3.63) is 34.3 Å². The highest BCUT2D eigenvalue weighted by molar-refractivity contribution is 9.10. The Balaban J connectivity index is 2.11. The monoisotopic (exact) mass is 337 g/mol. The van der Waals surface area contributed by atoms with Gasteiger partial charge >= 0.3 is 0 Å². The summed E-state index contributed by atoms with van der Waals surface area (Å²) in [4.78, 5) is 0. The van der Waals surface area contributed by atoms with Crippen LogP contribution in [0.15, 0.2) is 28.7 Å². The van der Waals surface area contributed by atoms with Crippen LogP contribution >= 0.6 is 15.9 Å². The first-order valence-corrected chi connectivity index (χ1v) is 8.80. The SMILES string of the molecule is CCNC(Cc1ccc(Br)cc1)C1CCCCC1(C)C. The number of likely N-dealkylation sites (N-methyl/N-ethyl adjacent to an activating group) is 1. The predicted molar refractivity (Wildman–Crippen MR) is 91.0 cm³/mol. The van der Waals surface area contributed by atoms with Crippen LogP contribution in [-0.2, 0) is 6.42 Å². The standard InChI is InChI=1S/C18H28BrN/c1-4-20-17(13-14-8-10-15(19)11-9-14)16-7-5-6-12-18(16,2)3/h8-11,16-17,20H,4-7,12-13H2,1-3H3. The lowest BCUT2D eigenvalue weighted by Crippen LogP contribution is -2.46. The molecule has 1 saturated carbocycles. The Bertz CT molecular complexity index is 410. The van der Waals surface area contributed by atoms with Crippen LogP contribution in [0.25, 0.3) is 0 Å². The van der Waals surface area contributed by atoms with Gasteiger partial charge in [-0.1, -0.05) is 61.7 Å². The van der Waals surface area contributed by atoms with Crippen molar-refractivity contribution in [2.45, 2.75) is 58.9 Å². The summed E-state index contributed by atoms with van der Waals surface area (Å²) in [5, 5.41) is 3.76. The molecule has 0 amide bonds. The van der Waals surface area contributed by atoms with Crippen molar-refractivity contribution in [2.75, 3.05) is 6.54 Å². The average Bonchev–Trinajstić information content (AvgIpc) is 2.40. The molecule has 1 aromatic carbocycles. The Labute approximate surface area is 132 Å². The molecule has 1 aliphatic carbocycles. The van der Waals surface area contributed by atoms with Crippen molar-refractivity contribution in [3.8, 4) is 0 Å². The Morgan fingerprint density at radius 1 is 1.25 bits per heavy atom. The van der Waals surface area contributed by atoms with E-state index in [4.69, 9.17) is 0 Å². The van der Waals surface area contributed by atoms with Crippen molar-refractivity contribution < 1.29 is 0 Å². The highest BCUT2D eigenvalue weighted by atomic mass is 79.9. The Morgan fingerprint density at radius 3 is 2.55 bits per heavy atom. The van der Waals surface area contributed by atoms with E-state index in [1.807, 2.05) is 0 Å². The van der Waals surface area contributed by atoms with E-state index >= 15 is 0 Å². The zero-order valence-electron chi connectivity index (χ0n) is 13.1. The minimum absolute atomic E-state index is 0.473. The maximum Gasteiger partial charge on any atom is 0.0175 e. The summed E-state index contributed by atoms with van der Waals surface area (Å²) in [5.41, 5.74) is 1.92. The summed E-state index contributed by atoms with van der Waals surface area (Å²) < 4.78 is 1.17. The van der Waals surface area contributed by atoms with Crippen LogP contribution < -0.4 is 5.32 Å². The molecule has 1 nitrogen and oxygen atoms in total. The van der Waals surface area contributed by atoms with Crippen LogP contribution in [0.2, 0.25) is 0 Å². The third-order valence-electron chi connectivity index (χ3n) is 4.91. The molecule has 20 heavy (non-hydrogen) atoms. The summed E-state index contributed by atoms with van der Waals surface area (Å²) >= 11 is 3.52. The van der Waals surface area contributed by atoms with E-state index in [0.29, 0.717) is 11.5 Å². The van der Waals surface area contributed by atoms with Crippen molar-refractivity contribution >= 4 is 15.9 Å². The molecule has 0 radical (unpaired) electrons.